The zero-order valence-electron chi connectivity index (χ0n) is 11.4. The highest BCUT2D eigenvalue weighted by Crippen LogP contribution is 2.25. The van der Waals surface area contributed by atoms with Crippen molar-refractivity contribution in [3.63, 3.8) is 0 Å². The Hall–Kier alpha value is -1.29. The van der Waals surface area contributed by atoms with Crippen molar-refractivity contribution in [3.05, 3.63) is 35.4 Å². The molecule has 0 radical (unpaired) electrons. The van der Waals surface area contributed by atoms with Gasteiger partial charge in [0.1, 0.15) is 0 Å². The highest BCUT2D eigenvalue weighted by Gasteiger charge is 2.29. The summed E-state index contributed by atoms with van der Waals surface area (Å²) in [7, 11) is 0. The van der Waals surface area contributed by atoms with Crippen LogP contribution in [0.5, 0.6) is 0 Å². The predicted octanol–water partition coefficient (Wildman–Crippen LogP) is 2.77. The number of rotatable bonds is 1. The molecule has 1 amide bonds. The number of hydrogen-bond donors (Lipinski definition) is 1. The maximum Gasteiger partial charge on any atom is 0.261 e. The van der Waals surface area contributed by atoms with Crippen molar-refractivity contribution in [2.75, 3.05) is 0 Å². The fourth-order valence-electron chi connectivity index (χ4n) is 2.31. The summed E-state index contributed by atoms with van der Waals surface area (Å²) in [6, 6.07) is 8.74. The zero-order chi connectivity index (χ0) is 13.8. The van der Waals surface area contributed by atoms with E-state index in [2.05, 4.69) is 29.3 Å². The third-order valence-electron chi connectivity index (χ3n) is 3.33. The molecule has 1 aliphatic heterocycles. The standard InChI is InChI=1S/C9H10.C6H10N2OS/c1-2-5-9-7-3-6-8(9)4-1;1-3(2)4-5(9)8-6(7)10-4/h1-2,4-5H,3,6-7H2;3-4H,1-2H3,(H2,7,8,9). The third kappa shape index (κ3) is 3.60. The maximum atomic E-state index is 10.9. The van der Waals surface area contributed by atoms with Crippen LogP contribution in [0.15, 0.2) is 29.3 Å². The number of hydrogen-bond acceptors (Lipinski definition) is 3. The van der Waals surface area contributed by atoms with Crippen LogP contribution in [-0.4, -0.2) is 16.3 Å². The summed E-state index contributed by atoms with van der Waals surface area (Å²) in [5.74, 6) is 0.236. The van der Waals surface area contributed by atoms with Gasteiger partial charge in [0.2, 0.25) is 0 Å². The summed E-state index contributed by atoms with van der Waals surface area (Å²) in [6.45, 7) is 3.98. The summed E-state index contributed by atoms with van der Waals surface area (Å²) in [6.07, 6.45) is 3.96. The largest absolute Gasteiger partial charge is 0.378 e. The molecule has 1 unspecified atom stereocenters. The van der Waals surface area contributed by atoms with E-state index in [0.29, 0.717) is 11.1 Å². The minimum atomic E-state index is -0.0856. The lowest BCUT2D eigenvalue weighted by molar-refractivity contribution is -0.117. The molecular formula is C15H20N2OS. The Balaban J connectivity index is 0.000000141. The van der Waals surface area contributed by atoms with Crippen molar-refractivity contribution in [1.29, 1.82) is 0 Å². The lowest BCUT2D eigenvalue weighted by Crippen LogP contribution is -2.17. The van der Waals surface area contributed by atoms with E-state index in [4.69, 9.17) is 5.73 Å². The normalized spacial score (nSPS) is 20.9. The monoisotopic (exact) mass is 276 g/mol. The van der Waals surface area contributed by atoms with Crippen molar-refractivity contribution in [2.24, 2.45) is 16.6 Å². The summed E-state index contributed by atoms with van der Waals surface area (Å²) < 4.78 is 0. The number of amides is 1. The Morgan fingerprint density at radius 1 is 1.26 bits per heavy atom. The SMILES string of the molecule is CC(C)C1SC(N)=NC1=O.c1ccc2c(c1)CCC2. The molecule has 0 spiro atoms. The summed E-state index contributed by atoms with van der Waals surface area (Å²) in [5, 5.41) is 0.365. The van der Waals surface area contributed by atoms with E-state index in [-0.39, 0.29) is 11.2 Å². The predicted molar refractivity (Wildman–Crippen MR) is 81.3 cm³/mol. The molecule has 1 aromatic rings. The van der Waals surface area contributed by atoms with Crippen LogP contribution in [0.1, 0.15) is 31.4 Å². The molecule has 0 saturated heterocycles. The number of benzene rings is 1. The van der Waals surface area contributed by atoms with Gasteiger partial charge in [-0.15, -0.1) is 0 Å². The molecule has 1 heterocycles. The average Bonchev–Trinajstić information content (AvgIpc) is 2.96. The van der Waals surface area contributed by atoms with Gasteiger partial charge in [0.25, 0.3) is 5.91 Å². The number of carbonyl (C=O) groups is 1. The zero-order valence-corrected chi connectivity index (χ0v) is 12.2. The molecule has 3 rings (SSSR count). The van der Waals surface area contributed by atoms with Crippen LogP contribution in [0.25, 0.3) is 0 Å². The summed E-state index contributed by atoms with van der Waals surface area (Å²) in [5.41, 5.74) is 8.48. The molecule has 1 aliphatic carbocycles. The van der Waals surface area contributed by atoms with Crippen molar-refractivity contribution in [1.82, 2.24) is 0 Å². The van der Waals surface area contributed by atoms with Gasteiger partial charge in [-0.05, 0) is 36.3 Å². The second-order valence-corrected chi connectivity index (χ2v) is 6.35. The number of aryl methyl sites for hydroxylation is 2. The smallest absolute Gasteiger partial charge is 0.261 e. The summed E-state index contributed by atoms with van der Waals surface area (Å²) in [4.78, 5) is 14.5. The number of carbonyl (C=O) groups excluding carboxylic acids is 1. The molecule has 0 saturated carbocycles. The van der Waals surface area contributed by atoms with E-state index < -0.39 is 0 Å². The topological polar surface area (TPSA) is 55.4 Å². The van der Waals surface area contributed by atoms with Crippen LogP contribution in [0, 0.1) is 5.92 Å². The molecule has 1 atom stereocenters. The van der Waals surface area contributed by atoms with E-state index in [1.165, 1.54) is 31.0 Å². The van der Waals surface area contributed by atoms with Gasteiger partial charge in [0.15, 0.2) is 5.17 Å². The quantitative estimate of drug-likeness (QED) is 0.858. The molecule has 2 N–H and O–H groups in total. The van der Waals surface area contributed by atoms with E-state index in [1.807, 2.05) is 13.8 Å². The van der Waals surface area contributed by atoms with E-state index in [0.717, 1.165) is 0 Å². The Kier molecular flexibility index (Phi) is 4.64. The molecule has 1 aromatic carbocycles. The van der Waals surface area contributed by atoms with Crippen molar-refractivity contribution in [2.45, 2.75) is 38.4 Å². The number of thioether (sulfide) groups is 1. The number of nitrogens with two attached hydrogens (primary N) is 1. The molecule has 19 heavy (non-hydrogen) atoms. The maximum absolute atomic E-state index is 10.9. The molecule has 102 valence electrons. The molecular weight excluding hydrogens is 256 g/mol. The Labute approximate surface area is 118 Å². The second-order valence-electron chi connectivity index (χ2n) is 5.19. The molecule has 3 nitrogen and oxygen atoms in total. The van der Waals surface area contributed by atoms with Crippen LogP contribution in [-0.2, 0) is 17.6 Å². The molecule has 4 heteroatoms. The van der Waals surface area contributed by atoms with Crippen LogP contribution in [0.4, 0.5) is 0 Å². The summed E-state index contributed by atoms with van der Waals surface area (Å²) >= 11 is 1.36. The molecule has 0 fully saturated rings. The molecule has 2 aliphatic rings. The van der Waals surface area contributed by atoms with Gasteiger partial charge < -0.3 is 5.73 Å². The fraction of sp³-hybridized carbons (Fsp3) is 0.467. The number of nitrogens with zero attached hydrogens (tertiary/aromatic N) is 1. The first-order chi connectivity index (χ1) is 9.08. The van der Waals surface area contributed by atoms with E-state index >= 15 is 0 Å². The second kappa shape index (κ2) is 6.24. The van der Waals surface area contributed by atoms with Gasteiger partial charge in [-0.2, -0.15) is 4.99 Å². The van der Waals surface area contributed by atoms with E-state index in [1.54, 1.807) is 11.1 Å². The lowest BCUT2D eigenvalue weighted by Gasteiger charge is -2.08. The first kappa shape index (κ1) is 14.1. The van der Waals surface area contributed by atoms with Gasteiger partial charge >= 0.3 is 0 Å². The molecule has 0 bridgehead atoms. The molecule has 0 aromatic heterocycles. The highest BCUT2D eigenvalue weighted by atomic mass is 32.2. The van der Waals surface area contributed by atoms with Crippen molar-refractivity contribution < 1.29 is 4.79 Å². The van der Waals surface area contributed by atoms with Crippen molar-refractivity contribution >= 4 is 22.8 Å². The first-order valence-corrected chi connectivity index (χ1v) is 7.57. The third-order valence-corrected chi connectivity index (χ3v) is 4.66. The lowest BCUT2D eigenvalue weighted by atomic mass is 10.1. The minimum Gasteiger partial charge on any atom is -0.378 e. The van der Waals surface area contributed by atoms with Gasteiger partial charge in [-0.3, -0.25) is 4.79 Å². The average molecular weight is 276 g/mol. The number of amidine groups is 1. The van der Waals surface area contributed by atoms with Crippen molar-refractivity contribution in [3.8, 4) is 0 Å². The van der Waals surface area contributed by atoms with Gasteiger partial charge in [-0.1, -0.05) is 49.9 Å². The first-order valence-electron chi connectivity index (χ1n) is 6.69. The van der Waals surface area contributed by atoms with Crippen LogP contribution >= 0.6 is 11.8 Å². The Bertz CT molecular complexity index is 474. The van der Waals surface area contributed by atoms with Crippen LogP contribution < -0.4 is 5.73 Å². The highest BCUT2D eigenvalue weighted by molar-refractivity contribution is 8.15. The Morgan fingerprint density at radius 3 is 2.21 bits per heavy atom. The number of fused-ring (bicyclic) bond motifs is 1. The van der Waals surface area contributed by atoms with Gasteiger partial charge in [0.05, 0.1) is 5.25 Å². The van der Waals surface area contributed by atoms with Gasteiger partial charge in [0, 0.05) is 0 Å². The Morgan fingerprint density at radius 2 is 1.84 bits per heavy atom. The fourth-order valence-corrected chi connectivity index (χ4v) is 3.14. The minimum absolute atomic E-state index is 0.0417. The van der Waals surface area contributed by atoms with Crippen LogP contribution in [0.3, 0.4) is 0 Å². The van der Waals surface area contributed by atoms with Crippen LogP contribution in [0.2, 0.25) is 0 Å². The van der Waals surface area contributed by atoms with Gasteiger partial charge in [-0.25, -0.2) is 0 Å². The van der Waals surface area contributed by atoms with E-state index in [9.17, 15) is 4.79 Å². The number of aliphatic imine (C=N–C) groups is 1.